The molecule has 104 valence electrons. The van der Waals surface area contributed by atoms with E-state index in [1.165, 1.54) is 0 Å². The molecule has 0 aliphatic carbocycles. The fraction of sp³-hybridized carbons (Fsp3) is 0.133. The lowest BCUT2D eigenvalue weighted by Gasteiger charge is -2.12. The molecule has 0 bridgehead atoms. The Morgan fingerprint density at radius 2 is 1.85 bits per heavy atom. The van der Waals surface area contributed by atoms with Gasteiger partial charge in [-0.3, -0.25) is 4.79 Å². The van der Waals surface area contributed by atoms with Crippen molar-refractivity contribution in [2.45, 2.75) is 12.5 Å². The van der Waals surface area contributed by atoms with E-state index in [4.69, 9.17) is 5.73 Å². The van der Waals surface area contributed by atoms with Crippen molar-refractivity contribution < 1.29 is 13.6 Å². The van der Waals surface area contributed by atoms with Gasteiger partial charge in [0.15, 0.2) is 0 Å². The molecule has 2 aromatic rings. The number of halogens is 2. The second-order valence-corrected chi connectivity index (χ2v) is 4.41. The van der Waals surface area contributed by atoms with Gasteiger partial charge in [0, 0.05) is 6.07 Å². The lowest BCUT2D eigenvalue weighted by atomic mass is 10.1. The van der Waals surface area contributed by atoms with E-state index in [0.717, 1.165) is 17.7 Å². The van der Waals surface area contributed by atoms with Crippen molar-refractivity contribution in [3.63, 3.8) is 0 Å². The number of amides is 1. The van der Waals surface area contributed by atoms with Gasteiger partial charge in [-0.15, -0.1) is 0 Å². The third kappa shape index (κ3) is 3.61. The van der Waals surface area contributed by atoms with Gasteiger partial charge < -0.3 is 11.1 Å². The highest BCUT2D eigenvalue weighted by Crippen LogP contribution is 2.15. The molecule has 0 heterocycles. The molecule has 3 N–H and O–H groups in total. The summed E-state index contributed by atoms with van der Waals surface area (Å²) < 4.78 is 26.2. The average molecular weight is 276 g/mol. The molecule has 2 rings (SSSR count). The number of rotatable bonds is 4. The molecular weight excluding hydrogens is 262 g/mol. The van der Waals surface area contributed by atoms with Crippen LogP contribution in [0.15, 0.2) is 48.5 Å². The van der Waals surface area contributed by atoms with E-state index in [9.17, 15) is 13.6 Å². The molecule has 1 amide bonds. The van der Waals surface area contributed by atoms with Crippen LogP contribution in [0.25, 0.3) is 0 Å². The van der Waals surface area contributed by atoms with Gasteiger partial charge in [-0.05, 0) is 24.1 Å². The number of hydrogen-bond donors (Lipinski definition) is 2. The Balaban J connectivity index is 2.01. The van der Waals surface area contributed by atoms with Crippen molar-refractivity contribution in [2.75, 3.05) is 5.32 Å². The molecule has 0 aromatic heterocycles. The molecule has 1 atom stereocenters. The molecular formula is C15H14F2N2O. The topological polar surface area (TPSA) is 55.1 Å². The molecule has 2 aromatic carbocycles. The first-order valence-electron chi connectivity index (χ1n) is 6.11. The minimum atomic E-state index is -0.828. The third-order valence-corrected chi connectivity index (χ3v) is 2.82. The fourth-order valence-electron chi connectivity index (χ4n) is 1.78. The molecule has 0 aliphatic heterocycles. The van der Waals surface area contributed by atoms with E-state index in [1.54, 1.807) is 0 Å². The Morgan fingerprint density at radius 3 is 2.50 bits per heavy atom. The van der Waals surface area contributed by atoms with Gasteiger partial charge in [-0.2, -0.15) is 0 Å². The minimum absolute atomic E-state index is 0.0834. The SMILES string of the molecule is NC(Cc1ccccc1)C(=O)Nc1ccc(F)cc1F. The standard InChI is InChI=1S/C15H14F2N2O/c16-11-6-7-14(12(17)9-11)19-15(20)13(18)8-10-4-2-1-3-5-10/h1-7,9,13H,8,18H2,(H,19,20). The quantitative estimate of drug-likeness (QED) is 0.901. The van der Waals surface area contributed by atoms with Crippen LogP contribution >= 0.6 is 0 Å². The Kier molecular flexibility index (Phi) is 4.42. The van der Waals surface area contributed by atoms with Crippen LogP contribution in [0.5, 0.6) is 0 Å². The number of carbonyl (C=O) groups excluding carboxylic acids is 1. The number of anilines is 1. The second kappa shape index (κ2) is 6.25. The summed E-state index contributed by atoms with van der Waals surface area (Å²) in [4.78, 5) is 11.9. The van der Waals surface area contributed by atoms with E-state index in [0.29, 0.717) is 12.5 Å². The maximum Gasteiger partial charge on any atom is 0.241 e. The first kappa shape index (κ1) is 14.1. The zero-order chi connectivity index (χ0) is 14.5. The Labute approximate surface area is 115 Å². The molecule has 0 aliphatic rings. The highest BCUT2D eigenvalue weighted by Gasteiger charge is 2.16. The molecule has 20 heavy (non-hydrogen) atoms. The van der Waals surface area contributed by atoms with Crippen LogP contribution in [-0.2, 0) is 11.2 Å². The monoisotopic (exact) mass is 276 g/mol. The van der Waals surface area contributed by atoms with Crippen LogP contribution in [0.3, 0.4) is 0 Å². The lowest BCUT2D eigenvalue weighted by molar-refractivity contribution is -0.117. The van der Waals surface area contributed by atoms with Crippen LogP contribution < -0.4 is 11.1 Å². The fourth-order valence-corrected chi connectivity index (χ4v) is 1.78. The number of nitrogens with one attached hydrogen (secondary N) is 1. The van der Waals surface area contributed by atoms with Gasteiger partial charge >= 0.3 is 0 Å². The van der Waals surface area contributed by atoms with Gasteiger partial charge in [0.05, 0.1) is 11.7 Å². The van der Waals surface area contributed by atoms with E-state index >= 15 is 0 Å². The highest BCUT2D eigenvalue weighted by atomic mass is 19.1. The zero-order valence-electron chi connectivity index (χ0n) is 10.6. The smallest absolute Gasteiger partial charge is 0.241 e. The summed E-state index contributed by atoms with van der Waals surface area (Å²) in [6, 6.07) is 11.4. The van der Waals surface area contributed by atoms with Gasteiger partial charge in [0.1, 0.15) is 11.6 Å². The Morgan fingerprint density at radius 1 is 1.15 bits per heavy atom. The van der Waals surface area contributed by atoms with Crippen LogP contribution in [0, 0.1) is 11.6 Å². The number of carbonyl (C=O) groups is 1. The number of hydrogen-bond acceptors (Lipinski definition) is 2. The van der Waals surface area contributed by atoms with Crippen LogP contribution in [-0.4, -0.2) is 11.9 Å². The van der Waals surface area contributed by atoms with Crippen LogP contribution in [0.2, 0.25) is 0 Å². The molecule has 0 radical (unpaired) electrons. The Bertz CT molecular complexity index is 602. The zero-order valence-corrected chi connectivity index (χ0v) is 10.6. The first-order valence-corrected chi connectivity index (χ1v) is 6.11. The molecule has 5 heteroatoms. The largest absolute Gasteiger partial charge is 0.322 e. The van der Waals surface area contributed by atoms with Gasteiger partial charge in [0.2, 0.25) is 5.91 Å². The molecule has 0 fully saturated rings. The second-order valence-electron chi connectivity index (χ2n) is 4.41. The van der Waals surface area contributed by atoms with E-state index < -0.39 is 23.6 Å². The number of benzene rings is 2. The van der Waals surface area contributed by atoms with Crippen molar-refractivity contribution >= 4 is 11.6 Å². The summed E-state index contributed by atoms with van der Waals surface area (Å²) >= 11 is 0. The predicted molar refractivity (Wildman–Crippen MR) is 73.1 cm³/mol. The van der Waals surface area contributed by atoms with Crippen molar-refractivity contribution in [1.82, 2.24) is 0 Å². The maximum atomic E-state index is 13.4. The molecule has 0 saturated heterocycles. The summed E-state index contributed by atoms with van der Waals surface area (Å²) in [6.45, 7) is 0. The summed E-state index contributed by atoms with van der Waals surface area (Å²) in [5.41, 5.74) is 6.60. The van der Waals surface area contributed by atoms with Gasteiger partial charge in [0.25, 0.3) is 0 Å². The Hall–Kier alpha value is -2.27. The van der Waals surface area contributed by atoms with Crippen molar-refractivity contribution in [2.24, 2.45) is 5.73 Å². The summed E-state index contributed by atoms with van der Waals surface area (Å²) in [7, 11) is 0. The molecule has 1 unspecified atom stereocenters. The lowest BCUT2D eigenvalue weighted by Crippen LogP contribution is -2.37. The van der Waals surface area contributed by atoms with Crippen LogP contribution in [0.1, 0.15) is 5.56 Å². The predicted octanol–water partition coefficient (Wildman–Crippen LogP) is 2.47. The maximum absolute atomic E-state index is 13.4. The summed E-state index contributed by atoms with van der Waals surface area (Å²) in [6.07, 6.45) is 0.343. The minimum Gasteiger partial charge on any atom is -0.322 e. The van der Waals surface area contributed by atoms with Gasteiger partial charge in [-0.1, -0.05) is 30.3 Å². The molecule has 0 saturated carbocycles. The van der Waals surface area contributed by atoms with Crippen molar-refractivity contribution in [3.8, 4) is 0 Å². The van der Waals surface area contributed by atoms with Crippen molar-refractivity contribution in [1.29, 1.82) is 0 Å². The third-order valence-electron chi connectivity index (χ3n) is 2.82. The van der Waals surface area contributed by atoms with Crippen LogP contribution in [0.4, 0.5) is 14.5 Å². The highest BCUT2D eigenvalue weighted by molar-refractivity contribution is 5.94. The number of nitrogens with two attached hydrogens (primary N) is 1. The van der Waals surface area contributed by atoms with Crippen molar-refractivity contribution in [3.05, 3.63) is 65.7 Å². The van der Waals surface area contributed by atoms with E-state index in [2.05, 4.69) is 5.32 Å². The van der Waals surface area contributed by atoms with E-state index in [1.807, 2.05) is 30.3 Å². The molecule has 3 nitrogen and oxygen atoms in total. The summed E-state index contributed by atoms with van der Waals surface area (Å²) in [5, 5.41) is 2.35. The first-order chi connectivity index (χ1) is 9.56. The van der Waals surface area contributed by atoms with E-state index in [-0.39, 0.29) is 5.69 Å². The normalized spacial score (nSPS) is 11.9. The van der Waals surface area contributed by atoms with Gasteiger partial charge in [-0.25, -0.2) is 8.78 Å². The molecule has 0 spiro atoms. The average Bonchev–Trinajstić information content (AvgIpc) is 2.43. The summed E-state index contributed by atoms with van der Waals surface area (Å²) in [5.74, 6) is -2.04.